The number of halogens is 3. The summed E-state index contributed by atoms with van der Waals surface area (Å²) in [7, 11) is 0. The van der Waals surface area contributed by atoms with Crippen LogP contribution >= 0.6 is 27.5 Å². The minimum atomic E-state index is -0.240. The molecule has 4 heteroatoms. The average Bonchev–Trinajstić information content (AvgIpc) is 2.22. The third kappa shape index (κ3) is 3.56. The van der Waals surface area contributed by atoms with Gasteiger partial charge in [0.2, 0.25) is 0 Å². The Labute approximate surface area is 96.3 Å². The SMILES string of the molecule is Fc1ccccc1CO[C@@H](CCl)CBr. The van der Waals surface area contributed by atoms with Gasteiger partial charge >= 0.3 is 0 Å². The Hall–Kier alpha value is -0.120. The number of ether oxygens (including phenoxy) is 1. The Kier molecular flexibility index (Phi) is 5.45. The number of benzene rings is 1. The smallest absolute Gasteiger partial charge is 0.128 e. The van der Waals surface area contributed by atoms with E-state index in [1.165, 1.54) is 6.07 Å². The van der Waals surface area contributed by atoms with Gasteiger partial charge in [-0.2, -0.15) is 0 Å². The zero-order valence-electron chi connectivity index (χ0n) is 7.55. The van der Waals surface area contributed by atoms with Crippen LogP contribution in [0.1, 0.15) is 5.56 Å². The Morgan fingerprint density at radius 2 is 2.14 bits per heavy atom. The van der Waals surface area contributed by atoms with Crippen molar-refractivity contribution in [2.75, 3.05) is 11.2 Å². The van der Waals surface area contributed by atoms with Crippen molar-refractivity contribution in [3.63, 3.8) is 0 Å². The summed E-state index contributed by atoms with van der Waals surface area (Å²) in [6, 6.07) is 6.56. The van der Waals surface area contributed by atoms with Crippen molar-refractivity contribution in [3.8, 4) is 0 Å². The highest BCUT2D eigenvalue weighted by Gasteiger charge is 2.07. The van der Waals surface area contributed by atoms with Gasteiger partial charge in [-0.15, -0.1) is 11.6 Å². The van der Waals surface area contributed by atoms with E-state index in [-0.39, 0.29) is 18.5 Å². The molecule has 0 amide bonds. The summed E-state index contributed by atoms with van der Waals surface area (Å²) in [4.78, 5) is 0. The summed E-state index contributed by atoms with van der Waals surface area (Å²) in [6.45, 7) is 0.260. The van der Waals surface area contributed by atoms with Gasteiger partial charge in [-0.3, -0.25) is 0 Å². The van der Waals surface area contributed by atoms with Gasteiger partial charge in [0.25, 0.3) is 0 Å². The number of hydrogen-bond donors (Lipinski definition) is 0. The van der Waals surface area contributed by atoms with Crippen molar-refractivity contribution in [2.45, 2.75) is 12.7 Å². The van der Waals surface area contributed by atoms with Crippen LogP contribution in [0.15, 0.2) is 24.3 Å². The molecule has 0 aliphatic rings. The van der Waals surface area contributed by atoms with E-state index in [1.54, 1.807) is 18.2 Å². The number of hydrogen-bond acceptors (Lipinski definition) is 1. The number of alkyl halides is 2. The van der Waals surface area contributed by atoms with Crippen molar-refractivity contribution >= 4 is 27.5 Å². The van der Waals surface area contributed by atoms with Gasteiger partial charge in [-0.25, -0.2) is 4.39 Å². The van der Waals surface area contributed by atoms with Crippen LogP contribution in [-0.4, -0.2) is 17.3 Å². The standard InChI is InChI=1S/C10H11BrClFO/c11-5-9(6-12)14-7-8-3-1-2-4-10(8)13/h1-4,9H,5-7H2/t9-/m1/s1. The summed E-state index contributed by atoms with van der Waals surface area (Å²) >= 11 is 8.89. The molecular formula is C10H11BrClFO. The topological polar surface area (TPSA) is 9.23 Å². The van der Waals surface area contributed by atoms with Crippen LogP contribution in [0.3, 0.4) is 0 Å². The van der Waals surface area contributed by atoms with E-state index < -0.39 is 0 Å². The molecule has 78 valence electrons. The molecule has 1 nitrogen and oxygen atoms in total. The van der Waals surface area contributed by atoms with E-state index in [0.29, 0.717) is 16.8 Å². The quantitative estimate of drug-likeness (QED) is 0.752. The molecule has 0 N–H and O–H groups in total. The van der Waals surface area contributed by atoms with E-state index in [2.05, 4.69) is 15.9 Å². The van der Waals surface area contributed by atoms with Crippen LogP contribution in [0, 0.1) is 5.82 Å². The van der Waals surface area contributed by atoms with Crippen molar-refractivity contribution in [1.82, 2.24) is 0 Å². The lowest BCUT2D eigenvalue weighted by molar-refractivity contribution is 0.0699. The van der Waals surface area contributed by atoms with Gasteiger partial charge < -0.3 is 4.74 Å². The Morgan fingerprint density at radius 1 is 1.43 bits per heavy atom. The molecular weight excluding hydrogens is 270 g/mol. The fourth-order valence-corrected chi connectivity index (χ4v) is 1.83. The third-order valence-electron chi connectivity index (χ3n) is 1.78. The molecule has 1 aromatic rings. The maximum atomic E-state index is 13.1. The molecule has 0 unspecified atom stereocenters. The molecule has 0 saturated heterocycles. The normalized spacial score (nSPS) is 12.8. The molecule has 1 atom stereocenters. The lowest BCUT2D eigenvalue weighted by atomic mass is 10.2. The summed E-state index contributed by atoms with van der Waals surface area (Å²) < 4.78 is 18.5. The van der Waals surface area contributed by atoms with Crippen LogP contribution in [0.5, 0.6) is 0 Å². The fourth-order valence-electron chi connectivity index (χ4n) is 0.953. The van der Waals surface area contributed by atoms with Gasteiger partial charge in [-0.05, 0) is 6.07 Å². The fraction of sp³-hybridized carbons (Fsp3) is 0.400. The van der Waals surface area contributed by atoms with E-state index in [1.807, 2.05) is 0 Å². The summed E-state index contributed by atoms with van der Waals surface area (Å²) in [5, 5.41) is 0.658. The molecule has 1 aromatic carbocycles. The lowest BCUT2D eigenvalue weighted by Gasteiger charge is -2.12. The zero-order chi connectivity index (χ0) is 10.4. The lowest BCUT2D eigenvalue weighted by Crippen LogP contribution is -2.16. The maximum Gasteiger partial charge on any atom is 0.128 e. The largest absolute Gasteiger partial charge is 0.371 e. The highest BCUT2D eigenvalue weighted by molar-refractivity contribution is 9.09. The molecule has 0 aromatic heterocycles. The number of rotatable bonds is 5. The predicted octanol–water partition coefficient (Wildman–Crippen LogP) is 3.34. The van der Waals surface area contributed by atoms with Crippen LogP contribution in [-0.2, 0) is 11.3 Å². The minimum Gasteiger partial charge on any atom is -0.371 e. The molecule has 0 aliphatic carbocycles. The van der Waals surface area contributed by atoms with Gasteiger partial charge in [0, 0.05) is 16.8 Å². The Balaban J connectivity index is 2.49. The molecule has 0 aliphatic heterocycles. The van der Waals surface area contributed by atoms with Crippen LogP contribution in [0.2, 0.25) is 0 Å². The monoisotopic (exact) mass is 280 g/mol. The third-order valence-corrected chi connectivity index (χ3v) is 2.84. The van der Waals surface area contributed by atoms with E-state index in [0.717, 1.165) is 0 Å². The van der Waals surface area contributed by atoms with Gasteiger partial charge in [-0.1, -0.05) is 34.1 Å². The van der Waals surface area contributed by atoms with Crippen LogP contribution in [0.25, 0.3) is 0 Å². The van der Waals surface area contributed by atoms with E-state index in [4.69, 9.17) is 16.3 Å². The first-order valence-corrected chi connectivity index (χ1v) is 5.90. The highest BCUT2D eigenvalue weighted by atomic mass is 79.9. The second-order valence-corrected chi connectivity index (χ2v) is 3.79. The summed E-state index contributed by atoms with van der Waals surface area (Å²) in [6.07, 6.45) is -0.0729. The zero-order valence-corrected chi connectivity index (χ0v) is 9.89. The van der Waals surface area contributed by atoms with Crippen LogP contribution < -0.4 is 0 Å². The van der Waals surface area contributed by atoms with E-state index >= 15 is 0 Å². The molecule has 0 radical (unpaired) electrons. The molecule has 0 heterocycles. The highest BCUT2D eigenvalue weighted by Crippen LogP contribution is 2.10. The van der Waals surface area contributed by atoms with E-state index in [9.17, 15) is 4.39 Å². The first-order valence-electron chi connectivity index (χ1n) is 4.25. The van der Waals surface area contributed by atoms with Gasteiger partial charge in [0.1, 0.15) is 5.82 Å². The average molecular weight is 282 g/mol. The Bertz CT molecular complexity index is 279. The van der Waals surface area contributed by atoms with Crippen LogP contribution in [0.4, 0.5) is 4.39 Å². The summed E-state index contributed by atoms with van der Waals surface area (Å²) in [5.74, 6) is 0.162. The van der Waals surface area contributed by atoms with Crippen molar-refractivity contribution in [1.29, 1.82) is 0 Å². The van der Waals surface area contributed by atoms with Gasteiger partial charge in [0.05, 0.1) is 12.7 Å². The first-order chi connectivity index (χ1) is 6.77. The molecule has 0 spiro atoms. The molecule has 0 fully saturated rings. The maximum absolute atomic E-state index is 13.1. The van der Waals surface area contributed by atoms with Gasteiger partial charge in [0.15, 0.2) is 0 Å². The molecule has 0 bridgehead atoms. The minimum absolute atomic E-state index is 0.0729. The predicted molar refractivity (Wildman–Crippen MR) is 59.5 cm³/mol. The van der Waals surface area contributed by atoms with Crippen molar-refractivity contribution < 1.29 is 9.13 Å². The second kappa shape index (κ2) is 6.38. The molecule has 14 heavy (non-hydrogen) atoms. The van der Waals surface area contributed by atoms with Crippen molar-refractivity contribution in [3.05, 3.63) is 35.6 Å². The Morgan fingerprint density at radius 3 is 2.71 bits per heavy atom. The molecule has 0 saturated carbocycles. The second-order valence-electron chi connectivity index (χ2n) is 2.83. The summed E-state index contributed by atoms with van der Waals surface area (Å²) in [5.41, 5.74) is 0.559. The first kappa shape index (κ1) is 12.0. The van der Waals surface area contributed by atoms with Crippen molar-refractivity contribution in [2.24, 2.45) is 0 Å². The molecule has 1 rings (SSSR count).